The van der Waals surface area contributed by atoms with Crippen molar-refractivity contribution in [3.05, 3.63) is 35.4 Å². The number of nitrogens with zero attached hydrogens (tertiary/aromatic N) is 2. The van der Waals surface area contributed by atoms with E-state index in [1.165, 1.54) is 6.07 Å². The molecule has 0 spiro atoms. The SMILES string of the molecule is Cc1nc(Sc2c(F)cccc2CO)n[nH]1. The summed E-state index contributed by atoms with van der Waals surface area (Å²) in [6.45, 7) is 1.56. The Balaban J connectivity index is 2.33. The van der Waals surface area contributed by atoms with E-state index < -0.39 is 0 Å². The molecule has 2 rings (SSSR count). The van der Waals surface area contributed by atoms with E-state index in [4.69, 9.17) is 5.11 Å². The molecule has 0 bridgehead atoms. The van der Waals surface area contributed by atoms with Crippen LogP contribution in [-0.2, 0) is 6.61 Å². The molecule has 0 radical (unpaired) electrons. The molecule has 2 aromatic rings. The van der Waals surface area contributed by atoms with E-state index in [9.17, 15) is 4.39 Å². The van der Waals surface area contributed by atoms with E-state index in [0.29, 0.717) is 21.4 Å². The fraction of sp³-hybridized carbons (Fsp3) is 0.200. The molecule has 0 fully saturated rings. The number of aliphatic hydroxyl groups is 1. The molecule has 0 atom stereocenters. The Bertz CT molecular complexity index is 501. The van der Waals surface area contributed by atoms with Gasteiger partial charge < -0.3 is 5.11 Å². The average molecular weight is 239 g/mol. The summed E-state index contributed by atoms with van der Waals surface area (Å²) in [6.07, 6.45) is 0. The summed E-state index contributed by atoms with van der Waals surface area (Å²) >= 11 is 1.10. The molecule has 0 saturated carbocycles. The Labute approximate surface area is 95.9 Å². The van der Waals surface area contributed by atoms with Gasteiger partial charge in [0.1, 0.15) is 11.6 Å². The maximum Gasteiger partial charge on any atom is 0.213 e. The third-order valence-electron chi connectivity index (χ3n) is 1.99. The van der Waals surface area contributed by atoms with Crippen LogP contribution in [0.5, 0.6) is 0 Å². The number of hydrogen-bond donors (Lipinski definition) is 2. The van der Waals surface area contributed by atoms with Gasteiger partial charge in [-0.25, -0.2) is 9.37 Å². The minimum atomic E-state index is -0.376. The zero-order valence-electron chi connectivity index (χ0n) is 8.57. The molecule has 1 aromatic carbocycles. The number of aliphatic hydroxyl groups excluding tert-OH is 1. The van der Waals surface area contributed by atoms with Gasteiger partial charge >= 0.3 is 0 Å². The van der Waals surface area contributed by atoms with E-state index in [2.05, 4.69) is 15.2 Å². The van der Waals surface area contributed by atoms with Crippen LogP contribution in [0.4, 0.5) is 4.39 Å². The van der Waals surface area contributed by atoms with Crippen LogP contribution in [0.25, 0.3) is 0 Å². The summed E-state index contributed by atoms with van der Waals surface area (Å²) in [5, 5.41) is 16.1. The Hall–Kier alpha value is -1.40. The highest BCUT2D eigenvalue weighted by molar-refractivity contribution is 7.99. The second-order valence-electron chi connectivity index (χ2n) is 3.19. The lowest BCUT2D eigenvalue weighted by atomic mass is 10.2. The number of benzene rings is 1. The number of halogens is 1. The van der Waals surface area contributed by atoms with E-state index in [-0.39, 0.29) is 12.4 Å². The predicted octanol–water partition coefficient (Wildman–Crippen LogP) is 1.90. The first-order chi connectivity index (χ1) is 7.70. The molecule has 0 saturated heterocycles. The minimum absolute atomic E-state index is 0.205. The van der Waals surface area contributed by atoms with Gasteiger partial charge in [-0.05, 0) is 30.3 Å². The molecule has 0 aliphatic heterocycles. The quantitative estimate of drug-likeness (QED) is 0.858. The first-order valence-corrected chi connectivity index (χ1v) is 5.47. The summed E-state index contributed by atoms with van der Waals surface area (Å²) < 4.78 is 13.5. The molecular weight excluding hydrogens is 229 g/mol. The zero-order chi connectivity index (χ0) is 11.5. The van der Waals surface area contributed by atoms with Gasteiger partial charge in [0.2, 0.25) is 5.16 Å². The van der Waals surface area contributed by atoms with Gasteiger partial charge in [0, 0.05) is 0 Å². The monoisotopic (exact) mass is 239 g/mol. The first kappa shape index (κ1) is 11.1. The van der Waals surface area contributed by atoms with Crippen molar-refractivity contribution in [3.8, 4) is 0 Å². The van der Waals surface area contributed by atoms with Crippen molar-refractivity contribution in [2.24, 2.45) is 0 Å². The molecular formula is C10H10FN3OS. The van der Waals surface area contributed by atoms with E-state index in [1.54, 1.807) is 19.1 Å². The van der Waals surface area contributed by atoms with Gasteiger partial charge in [-0.15, -0.1) is 5.10 Å². The number of rotatable bonds is 3. The zero-order valence-corrected chi connectivity index (χ0v) is 9.38. The number of nitrogens with one attached hydrogen (secondary N) is 1. The fourth-order valence-corrected chi connectivity index (χ4v) is 2.14. The molecule has 0 aliphatic carbocycles. The maximum atomic E-state index is 13.5. The average Bonchev–Trinajstić information content (AvgIpc) is 2.67. The van der Waals surface area contributed by atoms with Gasteiger partial charge in [0.25, 0.3) is 0 Å². The largest absolute Gasteiger partial charge is 0.392 e. The molecule has 0 amide bonds. The molecule has 0 unspecified atom stereocenters. The molecule has 1 heterocycles. The van der Waals surface area contributed by atoms with Crippen LogP contribution >= 0.6 is 11.8 Å². The van der Waals surface area contributed by atoms with E-state index in [1.807, 2.05) is 0 Å². The van der Waals surface area contributed by atoms with Crippen molar-refractivity contribution in [3.63, 3.8) is 0 Å². The Morgan fingerprint density at radius 1 is 1.50 bits per heavy atom. The van der Waals surface area contributed by atoms with Crippen LogP contribution < -0.4 is 0 Å². The van der Waals surface area contributed by atoms with Crippen LogP contribution in [0.1, 0.15) is 11.4 Å². The highest BCUT2D eigenvalue weighted by Gasteiger charge is 2.11. The summed E-state index contributed by atoms with van der Waals surface area (Å²) in [4.78, 5) is 4.44. The van der Waals surface area contributed by atoms with Crippen molar-refractivity contribution in [1.82, 2.24) is 15.2 Å². The summed E-state index contributed by atoms with van der Waals surface area (Å²) in [5.74, 6) is 0.295. The highest BCUT2D eigenvalue weighted by atomic mass is 32.2. The van der Waals surface area contributed by atoms with Gasteiger partial charge in [-0.3, -0.25) is 5.10 Å². The van der Waals surface area contributed by atoms with Gasteiger partial charge in [-0.1, -0.05) is 12.1 Å². The summed E-state index contributed by atoms with van der Waals surface area (Å²) in [7, 11) is 0. The van der Waals surface area contributed by atoms with Crippen LogP contribution in [0, 0.1) is 12.7 Å². The second-order valence-corrected chi connectivity index (χ2v) is 4.17. The van der Waals surface area contributed by atoms with Gasteiger partial charge in [0.05, 0.1) is 11.5 Å². The van der Waals surface area contributed by atoms with Crippen molar-refractivity contribution in [2.45, 2.75) is 23.6 Å². The summed E-state index contributed by atoms with van der Waals surface area (Å²) in [5.41, 5.74) is 0.535. The van der Waals surface area contributed by atoms with Crippen LogP contribution in [0.15, 0.2) is 28.3 Å². The van der Waals surface area contributed by atoms with Crippen LogP contribution in [0.3, 0.4) is 0 Å². The Morgan fingerprint density at radius 2 is 2.31 bits per heavy atom. The number of hydrogen-bond acceptors (Lipinski definition) is 4. The Morgan fingerprint density at radius 3 is 2.94 bits per heavy atom. The standard InChI is InChI=1S/C10H10FN3OS/c1-6-12-10(14-13-6)16-9-7(5-15)3-2-4-8(9)11/h2-4,15H,5H2,1H3,(H,12,13,14). The molecule has 6 heteroatoms. The molecule has 84 valence electrons. The summed E-state index contributed by atoms with van der Waals surface area (Å²) in [6, 6.07) is 4.58. The lowest BCUT2D eigenvalue weighted by Gasteiger charge is -2.05. The molecule has 0 aliphatic rings. The predicted molar refractivity (Wildman–Crippen MR) is 57.6 cm³/mol. The van der Waals surface area contributed by atoms with Crippen LogP contribution in [0.2, 0.25) is 0 Å². The number of aryl methyl sites for hydroxylation is 1. The molecule has 1 aromatic heterocycles. The van der Waals surface area contributed by atoms with E-state index >= 15 is 0 Å². The Kier molecular flexibility index (Phi) is 3.21. The normalized spacial score (nSPS) is 10.7. The van der Waals surface area contributed by atoms with Crippen LogP contribution in [-0.4, -0.2) is 20.3 Å². The minimum Gasteiger partial charge on any atom is -0.392 e. The topological polar surface area (TPSA) is 61.8 Å². The van der Waals surface area contributed by atoms with Crippen molar-refractivity contribution < 1.29 is 9.50 Å². The molecule has 16 heavy (non-hydrogen) atoms. The molecule has 4 nitrogen and oxygen atoms in total. The first-order valence-electron chi connectivity index (χ1n) is 4.66. The fourth-order valence-electron chi connectivity index (χ4n) is 1.25. The number of aromatic amines is 1. The highest BCUT2D eigenvalue weighted by Crippen LogP contribution is 2.30. The van der Waals surface area contributed by atoms with E-state index in [0.717, 1.165) is 11.8 Å². The third-order valence-corrected chi connectivity index (χ3v) is 3.02. The third kappa shape index (κ3) is 2.23. The maximum absolute atomic E-state index is 13.5. The lowest BCUT2D eigenvalue weighted by molar-refractivity contribution is 0.277. The van der Waals surface area contributed by atoms with Crippen molar-refractivity contribution >= 4 is 11.8 Å². The van der Waals surface area contributed by atoms with Gasteiger partial charge in [-0.2, -0.15) is 0 Å². The van der Waals surface area contributed by atoms with Crippen molar-refractivity contribution in [2.75, 3.05) is 0 Å². The molecule has 2 N–H and O–H groups in total. The van der Waals surface area contributed by atoms with Gasteiger partial charge in [0.15, 0.2) is 0 Å². The van der Waals surface area contributed by atoms with Crippen molar-refractivity contribution in [1.29, 1.82) is 0 Å². The number of H-pyrrole nitrogens is 1. The second kappa shape index (κ2) is 4.63. The lowest BCUT2D eigenvalue weighted by Crippen LogP contribution is -1.91. The number of aromatic nitrogens is 3. The smallest absolute Gasteiger partial charge is 0.213 e.